The van der Waals surface area contributed by atoms with E-state index in [1.54, 1.807) is 10.3 Å². The second kappa shape index (κ2) is 6.16. The molecule has 0 aromatic carbocycles. The number of hydrogen-bond acceptors (Lipinski definition) is 4. The van der Waals surface area contributed by atoms with Gasteiger partial charge in [-0.2, -0.15) is 0 Å². The molecule has 0 saturated heterocycles. The Labute approximate surface area is 96.0 Å². The maximum Gasteiger partial charge on any atom is 0.275 e. The number of hydrogen-bond donors (Lipinski definition) is 0. The monoisotopic (exact) mass is 253 g/mol. The summed E-state index contributed by atoms with van der Waals surface area (Å²) in [5, 5.41) is 5.30. The summed E-state index contributed by atoms with van der Waals surface area (Å²) in [4.78, 5) is 13.3. The molecule has 7 heteroatoms. The molecule has 1 aromatic heterocycles. The van der Waals surface area contributed by atoms with Gasteiger partial charge in [0.2, 0.25) is 0 Å². The summed E-state index contributed by atoms with van der Waals surface area (Å²) in [6, 6.07) is 0. The molecule has 1 rings (SSSR count). The van der Waals surface area contributed by atoms with Crippen molar-refractivity contribution in [3.8, 4) is 0 Å². The third-order valence-corrected chi connectivity index (χ3v) is 2.42. The maximum atomic E-state index is 11.7. The molecule has 1 heterocycles. The highest BCUT2D eigenvalue weighted by Crippen LogP contribution is 2.04. The van der Waals surface area contributed by atoms with Gasteiger partial charge >= 0.3 is 0 Å². The molecule has 1 aromatic rings. The van der Waals surface area contributed by atoms with Crippen LogP contribution in [0.3, 0.4) is 0 Å². The number of carbonyl (C=O) groups is 1. The molecule has 0 spiro atoms. The van der Waals surface area contributed by atoms with Crippen LogP contribution in [0.4, 0.5) is 0 Å². The van der Waals surface area contributed by atoms with Gasteiger partial charge in [-0.1, -0.05) is 4.49 Å². The molecule has 0 aliphatic carbocycles. The average molecular weight is 254 g/mol. The van der Waals surface area contributed by atoms with Gasteiger partial charge in [-0.15, -0.1) is 28.3 Å². The van der Waals surface area contributed by atoms with E-state index in [-0.39, 0.29) is 5.91 Å². The first kappa shape index (κ1) is 11.7. The fraction of sp³-hybridized carbons (Fsp3) is 0.571. The van der Waals surface area contributed by atoms with Crippen molar-refractivity contribution in [1.29, 1.82) is 0 Å². The van der Waals surface area contributed by atoms with Crippen LogP contribution in [0.2, 0.25) is 0 Å². The highest BCUT2D eigenvalue weighted by Gasteiger charge is 2.16. The van der Waals surface area contributed by atoms with E-state index in [1.807, 2.05) is 0 Å². The lowest BCUT2D eigenvalue weighted by Crippen LogP contribution is -2.34. The molecule has 0 aliphatic rings. The quantitative estimate of drug-likeness (QED) is 0.747. The smallest absolute Gasteiger partial charge is 0.275 e. The van der Waals surface area contributed by atoms with Crippen LogP contribution in [0, 0.1) is 0 Å². The molecule has 0 saturated carbocycles. The summed E-state index contributed by atoms with van der Waals surface area (Å²) in [5.41, 5.74) is 0.352. The van der Waals surface area contributed by atoms with E-state index in [4.69, 9.17) is 23.2 Å². The average Bonchev–Trinajstić information content (AvgIpc) is 2.69. The van der Waals surface area contributed by atoms with E-state index in [2.05, 4.69) is 9.59 Å². The van der Waals surface area contributed by atoms with Crippen molar-refractivity contribution in [3.63, 3.8) is 0 Å². The number of aromatic nitrogens is 2. The number of rotatable bonds is 5. The normalized spacial score (nSPS) is 10.1. The standard InChI is InChI=1S/C7H9Cl2N3OS/c8-1-3-12(4-2-9)7(13)6-5-14-11-10-6/h5H,1-4H2. The van der Waals surface area contributed by atoms with Gasteiger partial charge in [0.1, 0.15) is 0 Å². The second-order valence-corrected chi connectivity index (χ2v) is 3.83. The van der Waals surface area contributed by atoms with Crippen molar-refractivity contribution in [2.24, 2.45) is 0 Å². The van der Waals surface area contributed by atoms with Gasteiger partial charge < -0.3 is 4.90 Å². The first-order valence-electron chi connectivity index (χ1n) is 3.98. The van der Waals surface area contributed by atoms with E-state index in [0.29, 0.717) is 30.5 Å². The van der Waals surface area contributed by atoms with Crippen LogP contribution in [-0.2, 0) is 0 Å². The Morgan fingerprint density at radius 1 is 1.43 bits per heavy atom. The Bertz CT molecular complexity index is 274. The minimum Gasteiger partial charge on any atom is -0.335 e. The first-order valence-corrected chi connectivity index (χ1v) is 5.88. The first-order chi connectivity index (χ1) is 6.79. The van der Waals surface area contributed by atoms with Crippen LogP contribution < -0.4 is 0 Å². The number of alkyl halides is 2. The van der Waals surface area contributed by atoms with E-state index in [9.17, 15) is 4.79 Å². The predicted molar refractivity (Wildman–Crippen MR) is 57.3 cm³/mol. The van der Waals surface area contributed by atoms with Crippen molar-refractivity contribution >= 4 is 40.6 Å². The fourth-order valence-corrected chi connectivity index (χ4v) is 1.78. The Morgan fingerprint density at radius 2 is 2.07 bits per heavy atom. The lowest BCUT2D eigenvalue weighted by Gasteiger charge is -2.18. The summed E-state index contributed by atoms with van der Waals surface area (Å²) in [6.45, 7) is 0.954. The fourth-order valence-electron chi connectivity index (χ4n) is 0.939. The van der Waals surface area contributed by atoms with Crippen molar-refractivity contribution in [1.82, 2.24) is 14.5 Å². The van der Waals surface area contributed by atoms with Crippen LogP contribution in [-0.4, -0.2) is 45.2 Å². The van der Waals surface area contributed by atoms with Crippen LogP contribution in [0.15, 0.2) is 5.38 Å². The zero-order valence-corrected chi connectivity index (χ0v) is 9.65. The number of nitrogens with zero attached hydrogens (tertiary/aromatic N) is 3. The molecular weight excluding hydrogens is 245 g/mol. The van der Waals surface area contributed by atoms with Crippen molar-refractivity contribution < 1.29 is 4.79 Å². The van der Waals surface area contributed by atoms with E-state index in [1.165, 1.54) is 0 Å². The largest absolute Gasteiger partial charge is 0.335 e. The highest BCUT2D eigenvalue weighted by atomic mass is 35.5. The second-order valence-electron chi connectivity index (χ2n) is 2.46. The molecule has 0 bridgehead atoms. The lowest BCUT2D eigenvalue weighted by molar-refractivity contribution is 0.0769. The Balaban J connectivity index is 2.63. The molecule has 0 aliphatic heterocycles. The van der Waals surface area contributed by atoms with Gasteiger partial charge in [-0.25, -0.2) is 0 Å². The summed E-state index contributed by atoms with van der Waals surface area (Å²) in [7, 11) is 0. The van der Waals surface area contributed by atoms with Gasteiger partial charge in [-0.3, -0.25) is 4.79 Å². The van der Waals surface area contributed by atoms with E-state index in [0.717, 1.165) is 11.5 Å². The molecule has 4 nitrogen and oxygen atoms in total. The summed E-state index contributed by atoms with van der Waals surface area (Å²) >= 11 is 12.3. The van der Waals surface area contributed by atoms with Gasteiger partial charge in [0.25, 0.3) is 5.91 Å². The Morgan fingerprint density at radius 3 is 2.50 bits per heavy atom. The SMILES string of the molecule is O=C(c1csnn1)N(CCCl)CCCl. The molecule has 0 radical (unpaired) electrons. The molecular formula is C7H9Cl2N3OS. The molecule has 0 fully saturated rings. The predicted octanol–water partition coefficient (Wildman–Crippen LogP) is 1.46. The Hall–Kier alpha value is -0.390. The van der Waals surface area contributed by atoms with Gasteiger partial charge in [0.15, 0.2) is 5.69 Å². The summed E-state index contributed by atoms with van der Waals surface area (Å²) in [5.74, 6) is 0.612. The zero-order chi connectivity index (χ0) is 10.4. The number of amides is 1. The lowest BCUT2D eigenvalue weighted by atomic mass is 10.4. The molecule has 0 unspecified atom stereocenters. The highest BCUT2D eigenvalue weighted by molar-refractivity contribution is 7.03. The van der Waals surface area contributed by atoms with Crippen molar-refractivity contribution in [3.05, 3.63) is 11.1 Å². The van der Waals surface area contributed by atoms with Crippen LogP contribution in [0.25, 0.3) is 0 Å². The van der Waals surface area contributed by atoms with E-state index >= 15 is 0 Å². The van der Waals surface area contributed by atoms with E-state index < -0.39 is 0 Å². The van der Waals surface area contributed by atoms with Gasteiger partial charge in [0.05, 0.1) is 0 Å². The molecule has 0 N–H and O–H groups in total. The van der Waals surface area contributed by atoms with Crippen molar-refractivity contribution in [2.45, 2.75) is 0 Å². The van der Waals surface area contributed by atoms with Crippen molar-refractivity contribution in [2.75, 3.05) is 24.8 Å². The minimum absolute atomic E-state index is 0.167. The Kier molecular flexibility index (Phi) is 5.14. The summed E-state index contributed by atoms with van der Waals surface area (Å²) < 4.78 is 3.62. The summed E-state index contributed by atoms with van der Waals surface area (Å²) in [6.07, 6.45) is 0. The number of carbonyl (C=O) groups excluding carboxylic acids is 1. The van der Waals surface area contributed by atoms with Crippen LogP contribution in [0.1, 0.15) is 10.5 Å². The van der Waals surface area contributed by atoms with Gasteiger partial charge in [-0.05, 0) is 11.5 Å². The molecule has 1 amide bonds. The third-order valence-electron chi connectivity index (χ3n) is 1.58. The molecule has 78 valence electrons. The topological polar surface area (TPSA) is 46.1 Å². The minimum atomic E-state index is -0.167. The number of halogens is 2. The van der Waals surface area contributed by atoms with Crippen LogP contribution in [0.5, 0.6) is 0 Å². The maximum absolute atomic E-state index is 11.7. The molecule has 14 heavy (non-hydrogen) atoms. The molecule has 0 atom stereocenters. The van der Waals surface area contributed by atoms with Crippen LogP contribution >= 0.6 is 34.7 Å². The van der Waals surface area contributed by atoms with Gasteiger partial charge in [0, 0.05) is 30.2 Å². The third kappa shape index (κ3) is 3.08. The zero-order valence-electron chi connectivity index (χ0n) is 7.32.